The van der Waals surface area contributed by atoms with E-state index in [9.17, 15) is 18.5 Å². The second kappa shape index (κ2) is 8.67. The van der Waals surface area contributed by atoms with Crippen LogP contribution in [0, 0.1) is 24.0 Å². The normalized spacial score (nSPS) is 15.0. The van der Waals surface area contributed by atoms with Crippen LogP contribution < -0.4 is 4.90 Å². The third-order valence-electron chi connectivity index (χ3n) is 6.04. The highest BCUT2D eigenvalue weighted by Gasteiger charge is 2.32. The number of anilines is 1. The van der Waals surface area contributed by atoms with Gasteiger partial charge in [0.2, 0.25) is 10.0 Å². The van der Waals surface area contributed by atoms with Crippen LogP contribution in [-0.4, -0.2) is 68.8 Å². The zero-order valence-electron chi connectivity index (χ0n) is 19.1. The van der Waals surface area contributed by atoms with Gasteiger partial charge in [-0.15, -0.1) is 5.10 Å². The Balaban J connectivity index is 1.39. The zero-order valence-corrected chi connectivity index (χ0v) is 19.9. The highest BCUT2D eigenvalue weighted by atomic mass is 32.2. The van der Waals surface area contributed by atoms with Crippen molar-refractivity contribution in [3.8, 4) is 5.69 Å². The minimum atomic E-state index is -3.89. The number of nitrogens with zero attached hydrogens (tertiary/aromatic N) is 8. The number of nitro benzene ring substituents is 1. The van der Waals surface area contributed by atoms with Crippen LogP contribution in [0.25, 0.3) is 16.9 Å². The lowest BCUT2D eigenvalue weighted by Crippen LogP contribution is -2.49. The largest absolute Gasteiger partial charge is 0.352 e. The van der Waals surface area contributed by atoms with Crippen molar-refractivity contribution in [3.63, 3.8) is 0 Å². The zero-order chi connectivity index (χ0) is 24.7. The summed E-state index contributed by atoms with van der Waals surface area (Å²) in [7, 11) is -3.89. The molecule has 0 spiro atoms. The van der Waals surface area contributed by atoms with E-state index in [1.165, 1.54) is 22.8 Å². The summed E-state index contributed by atoms with van der Waals surface area (Å²) in [4.78, 5) is 21.2. The van der Waals surface area contributed by atoms with E-state index in [2.05, 4.69) is 20.3 Å². The fraction of sp³-hybridized carbons (Fsp3) is 0.273. The van der Waals surface area contributed by atoms with Gasteiger partial charge in [0.25, 0.3) is 5.69 Å². The van der Waals surface area contributed by atoms with E-state index in [0.29, 0.717) is 35.6 Å². The smallest absolute Gasteiger partial charge is 0.270 e. The molecule has 0 bridgehead atoms. The van der Waals surface area contributed by atoms with Crippen molar-refractivity contribution in [1.29, 1.82) is 0 Å². The molecule has 0 radical (unpaired) electrons. The molecule has 4 aromatic rings. The molecule has 0 saturated carbocycles. The highest BCUT2D eigenvalue weighted by Crippen LogP contribution is 2.28. The van der Waals surface area contributed by atoms with Crippen molar-refractivity contribution in [2.45, 2.75) is 18.7 Å². The first-order valence-electron chi connectivity index (χ1n) is 10.9. The van der Waals surface area contributed by atoms with Crippen molar-refractivity contribution in [2.24, 2.45) is 0 Å². The second-order valence-electron chi connectivity index (χ2n) is 8.30. The average molecular weight is 495 g/mol. The number of piperazine rings is 1. The van der Waals surface area contributed by atoms with Gasteiger partial charge in [-0.2, -0.15) is 8.99 Å². The Labute approximate surface area is 201 Å². The minimum Gasteiger partial charge on any atom is -0.352 e. The molecule has 12 nitrogen and oxygen atoms in total. The number of benzene rings is 2. The quantitative estimate of drug-likeness (QED) is 0.302. The summed E-state index contributed by atoms with van der Waals surface area (Å²) in [6, 6.07) is 11.7. The van der Waals surface area contributed by atoms with Gasteiger partial charge in [-0.3, -0.25) is 10.1 Å². The number of fused-ring (bicyclic) bond motifs is 1. The Kier molecular flexibility index (Phi) is 5.65. The maximum atomic E-state index is 13.3. The average Bonchev–Trinajstić information content (AvgIpc) is 3.29. The number of aromatic nitrogens is 5. The number of nitro groups is 1. The molecule has 1 aliphatic heterocycles. The van der Waals surface area contributed by atoms with Crippen LogP contribution in [0.1, 0.15) is 11.1 Å². The molecule has 180 valence electrons. The Morgan fingerprint density at radius 3 is 2.37 bits per heavy atom. The fourth-order valence-electron chi connectivity index (χ4n) is 4.09. The first-order chi connectivity index (χ1) is 16.8. The number of sulfonamides is 1. The van der Waals surface area contributed by atoms with Crippen LogP contribution in [0.5, 0.6) is 0 Å². The summed E-state index contributed by atoms with van der Waals surface area (Å²) in [5, 5.41) is 19.7. The van der Waals surface area contributed by atoms with E-state index in [4.69, 9.17) is 0 Å². The van der Waals surface area contributed by atoms with Crippen molar-refractivity contribution in [1.82, 2.24) is 29.3 Å². The molecule has 5 rings (SSSR count). The molecule has 0 unspecified atom stereocenters. The summed E-state index contributed by atoms with van der Waals surface area (Å²) < 4.78 is 29.5. The predicted octanol–water partition coefficient (Wildman–Crippen LogP) is 2.25. The van der Waals surface area contributed by atoms with Crippen molar-refractivity contribution in [3.05, 3.63) is 70.0 Å². The van der Waals surface area contributed by atoms with Gasteiger partial charge in [-0.05, 0) is 31.5 Å². The van der Waals surface area contributed by atoms with Gasteiger partial charge in [-0.25, -0.2) is 18.4 Å². The van der Waals surface area contributed by atoms with Crippen LogP contribution >= 0.6 is 0 Å². The van der Waals surface area contributed by atoms with Crippen LogP contribution in [0.2, 0.25) is 0 Å². The van der Waals surface area contributed by atoms with Crippen LogP contribution in [0.15, 0.2) is 53.7 Å². The monoisotopic (exact) mass is 494 g/mol. The molecule has 3 heterocycles. The molecule has 1 saturated heterocycles. The van der Waals surface area contributed by atoms with Gasteiger partial charge in [0, 0.05) is 38.3 Å². The summed E-state index contributed by atoms with van der Waals surface area (Å²) in [6.07, 6.45) is 1.45. The van der Waals surface area contributed by atoms with Gasteiger partial charge in [0.05, 0.1) is 15.5 Å². The van der Waals surface area contributed by atoms with Gasteiger partial charge in [0.15, 0.2) is 17.0 Å². The first kappa shape index (κ1) is 22.8. The van der Waals surface area contributed by atoms with Gasteiger partial charge < -0.3 is 4.90 Å². The SMILES string of the molecule is Cc1ccc(-n2nnc3c(N4CCN(S(=O)(=O)c5cc([N+](=O)[O-])ccc5C)CC4)ncnc32)cc1. The number of rotatable bonds is 5. The summed E-state index contributed by atoms with van der Waals surface area (Å²) in [5.41, 5.74) is 3.24. The van der Waals surface area contributed by atoms with Gasteiger partial charge >= 0.3 is 0 Å². The Hall–Kier alpha value is -3.97. The standard InChI is InChI=1S/C22H22N8O4S/c1-15-3-6-17(7-4-15)29-22-20(25-26-29)21(23-14-24-22)27-9-11-28(12-10-27)35(33,34)19-13-18(30(31)32)8-5-16(19)2/h3-8,13-14H,9-12H2,1-2H3. The molecular weight excluding hydrogens is 472 g/mol. The molecule has 1 fully saturated rings. The van der Waals surface area contributed by atoms with Crippen LogP contribution in [-0.2, 0) is 10.0 Å². The van der Waals surface area contributed by atoms with E-state index in [1.54, 1.807) is 11.6 Å². The lowest BCUT2D eigenvalue weighted by atomic mass is 10.2. The molecule has 2 aromatic heterocycles. The topological polar surface area (TPSA) is 140 Å². The van der Waals surface area contributed by atoms with E-state index >= 15 is 0 Å². The molecule has 0 amide bonds. The molecule has 0 atom stereocenters. The minimum absolute atomic E-state index is 0.0504. The summed E-state index contributed by atoms with van der Waals surface area (Å²) in [5.74, 6) is 0.580. The highest BCUT2D eigenvalue weighted by molar-refractivity contribution is 7.89. The van der Waals surface area contributed by atoms with Gasteiger partial charge in [-0.1, -0.05) is 29.0 Å². The Morgan fingerprint density at radius 1 is 0.971 bits per heavy atom. The lowest BCUT2D eigenvalue weighted by molar-refractivity contribution is -0.385. The number of hydrogen-bond acceptors (Lipinski definition) is 9. The molecule has 2 aromatic carbocycles. The third kappa shape index (κ3) is 4.08. The number of aryl methyl sites for hydroxylation is 2. The number of non-ortho nitro benzene ring substituents is 1. The summed E-state index contributed by atoms with van der Waals surface area (Å²) in [6.45, 7) is 4.77. The van der Waals surface area contributed by atoms with Crippen LogP contribution in [0.3, 0.4) is 0 Å². The maximum absolute atomic E-state index is 13.3. The molecule has 13 heteroatoms. The van der Waals surface area contributed by atoms with Gasteiger partial charge in [0.1, 0.15) is 6.33 Å². The van der Waals surface area contributed by atoms with Crippen LogP contribution in [0.4, 0.5) is 11.5 Å². The second-order valence-corrected chi connectivity index (χ2v) is 10.2. The molecule has 0 N–H and O–H groups in total. The Morgan fingerprint density at radius 2 is 1.69 bits per heavy atom. The van der Waals surface area contributed by atoms with E-state index in [1.807, 2.05) is 36.1 Å². The predicted molar refractivity (Wildman–Crippen MR) is 128 cm³/mol. The number of hydrogen-bond donors (Lipinski definition) is 0. The molecule has 0 aliphatic carbocycles. The van der Waals surface area contributed by atoms with Crippen molar-refractivity contribution in [2.75, 3.05) is 31.1 Å². The molecule has 35 heavy (non-hydrogen) atoms. The summed E-state index contributed by atoms with van der Waals surface area (Å²) >= 11 is 0. The van der Waals surface area contributed by atoms with Crippen molar-refractivity contribution < 1.29 is 13.3 Å². The first-order valence-corrected chi connectivity index (χ1v) is 12.3. The third-order valence-corrected chi connectivity index (χ3v) is 8.08. The van der Waals surface area contributed by atoms with E-state index in [-0.39, 0.29) is 23.7 Å². The van der Waals surface area contributed by atoms with Crippen molar-refractivity contribution >= 4 is 32.7 Å². The maximum Gasteiger partial charge on any atom is 0.270 e. The fourth-order valence-corrected chi connectivity index (χ4v) is 5.75. The lowest BCUT2D eigenvalue weighted by Gasteiger charge is -2.34. The Bertz CT molecular complexity index is 1530. The van der Waals surface area contributed by atoms with E-state index in [0.717, 1.165) is 17.3 Å². The van der Waals surface area contributed by atoms with E-state index < -0.39 is 14.9 Å². The molecular formula is C22H22N8O4S. The molecule has 1 aliphatic rings.